The Hall–Kier alpha value is -3.61. The first kappa shape index (κ1) is 21.1. The smallest absolute Gasteiger partial charge is 0.337 e. The van der Waals surface area contributed by atoms with E-state index in [1.807, 2.05) is 0 Å². The van der Waals surface area contributed by atoms with E-state index < -0.39 is 29.6 Å². The maximum Gasteiger partial charge on any atom is 0.337 e. The first-order valence-corrected chi connectivity index (χ1v) is 9.43. The highest BCUT2D eigenvalue weighted by molar-refractivity contribution is 6.16. The SMILES string of the molecule is COC(=O)c1ccc(N2C(=O)C(O)=C(C(=O)C(C)C)C2c2ccc(OC)cc2)cc1. The molecule has 0 aliphatic carbocycles. The number of ether oxygens (including phenoxy) is 2. The van der Waals surface area contributed by atoms with Crippen LogP contribution in [0.2, 0.25) is 0 Å². The summed E-state index contributed by atoms with van der Waals surface area (Å²) in [5, 5.41) is 10.6. The van der Waals surface area contributed by atoms with Crippen molar-refractivity contribution in [3.05, 3.63) is 71.0 Å². The van der Waals surface area contributed by atoms with E-state index in [-0.39, 0.29) is 11.4 Å². The van der Waals surface area contributed by atoms with Gasteiger partial charge in [0.1, 0.15) is 5.75 Å². The fourth-order valence-corrected chi connectivity index (χ4v) is 3.41. The molecule has 2 aromatic carbocycles. The summed E-state index contributed by atoms with van der Waals surface area (Å²) < 4.78 is 9.89. The van der Waals surface area contributed by atoms with E-state index in [4.69, 9.17) is 9.47 Å². The molecule has 1 heterocycles. The van der Waals surface area contributed by atoms with Gasteiger partial charge in [-0.2, -0.15) is 0 Å². The predicted molar refractivity (Wildman–Crippen MR) is 111 cm³/mol. The van der Waals surface area contributed by atoms with Gasteiger partial charge in [0.05, 0.1) is 31.4 Å². The Morgan fingerprint density at radius 1 is 1.00 bits per heavy atom. The quantitative estimate of drug-likeness (QED) is 0.733. The average Bonchev–Trinajstić information content (AvgIpc) is 3.03. The Bertz CT molecular complexity index is 1000. The second-order valence-corrected chi connectivity index (χ2v) is 7.17. The largest absolute Gasteiger partial charge is 0.503 e. The number of aliphatic hydroxyl groups excluding tert-OH is 1. The van der Waals surface area contributed by atoms with Crippen LogP contribution in [0.15, 0.2) is 59.9 Å². The van der Waals surface area contributed by atoms with E-state index in [0.29, 0.717) is 22.6 Å². The molecule has 156 valence electrons. The fourth-order valence-electron chi connectivity index (χ4n) is 3.41. The maximum absolute atomic E-state index is 13.0. The highest BCUT2D eigenvalue weighted by Crippen LogP contribution is 2.42. The minimum absolute atomic E-state index is 0.0530. The molecule has 1 N–H and O–H groups in total. The number of ketones is 1. The summed E-state index contributed by atoms with van der Waals surface area (Å²) in [6.07, 6.45) is 0. The van der Waals surface area contributed by atoms with E-state index in [2.05, 4.69) is 0 Å². The molecule has 2 aromatic rings. The molecule has 7 nitrogen and oxygen atoms in total. The van der Waals surface area contributed by atoms with Crippen LogP contribution in [-0.4, -0.2) is 37.0 Å². The van der Waals surface area contributed by atoms with Gasteiger partial charge in [-0.1, -0.05) is 26.0 Å². The number of hydrogen-bond acceptors (Lipinski definition) is 6. The van der Waals surface area contributed by atoms with Gasteiger partial charge in [-0.05, 0) is 42.0 Å². The number of Topliss-reactive ketones (excluding diaryl/α,β-unsaturated/α-hetero) is 1. The van der Waals surface area contributed by atoms with Crippen molar-refractivity contribution in [1.82, 2.24) is 0 Å². The van der Waals surface area contributed by atoms with Gasteiger partial charge in [-0.15, -0.1) is 0 Å². The molecule has 0 radical (unpaired) electrons. The molecule has 30 heavy (non-hydrogen) atoms. The number of amides is 1. The van der Waals surface area contributed by atoms with Gasteiger partial charge in [-0.3, -0.25) is 14.5 Å². The molecular weight excluding hydrogens is 386 g/mol. The number of esters is 1. The van der Waals surface area contributed by atoms with Gasteiger partial charge < -0.3 is 14.6 Å². The molecule has 0 fully saturated rings. The molecule has 1 atom stereocenters. The van der Waals surface area contributed by atoms with Crippen molar-refractivity contribution < 1.29 is 29.0 Å². The molecule has 1 aliphatic rings. The van der Waals surface area contributed by atoms with Crippen LogP contribution in [-0.2, 0) is 14.3 Å². The Balaban J connectivity index is 2.11. The lowest BCUT2D eigenvalue weighted by Crippen LogP contribution is -2.31. The third-order valence-corrected chi connectivity index (χ3v) is 5.00. The molecule has 0 bridgehead atoms. The summed E-state index contributed by atoms with van der Waals surface area (Å²) in [7, 11) is 2.83. The Morgan fingerprint density at radius 3 is 2.10 bits per heavy atom. The molecule has 0 spiro atoms. The first-order chi connectivity index (χ1) is 14.3. The highest BCUT2D eigenvalue weighted by Gasteiger charge is 2.44. The number of benzene rings is 2. The van der Waals surface area contributed by atoms with E-state index in [0.717, 1.165) is 0 Å². The standard InChI is InChI=1S/C23H23NO6/c1-13(2)20(25)18-19(14-7-11-17(29-3)12-8-14)24(22(27)21(18)26)16-9-5-15(6-10-16)23(28)30-4/h5-13,19,26H,1-4H3. The van der Waals surface area contributed by atoms with E-state index >= 15 is 0 Å². The average molecular weight is 409 g/mol. The number of carbonyl (C=O) groups is 3. The number of aliphatic hydroxyl groups is 1. The fraction of sp³-hybridized carbons (Fsp3) is 0.261. The van der Waals surface area contributed by atoms with E-state index in [1.165, 1.54) is 24.1 Å². The summed E-state index contributed by atoms with van der Waals surface area (Å²) in [5.41, 5.74) is 1.46. The normalized spacial score (nSPS) is 16.2. The second-order valence-electron chi connectivity index (χ2n) is 7.17. The van der Waals surface area contributed by atoms with Crippen LogP contribution < -0.4 is 9.64 Å². The van der Waals surface area contributed by atoms with Crippen LogP contribution >= 0.6 is 0 Å². The zero-order valence-corrected chi connectivity index (χ0v) is 17.2. The van der Waals surface area contributed by atoms with Crippen molar-refractivity contribution in [2.24, 2.45) is 5.92 Å². The van der Waals surface area contributed by atoms with Crippen molar-refractivity contribution >= 4 is 23.3 Å². The molecule has 0 saturated heterocycles. The molecule has 3 rings (SSSR count). The Kier molecular flexibility index (Phi) is 5.91. The molecular formula is C23H23NO6. The lowest BCUT2D eigenvalue weighted by atomic mass is 9.91. The molecule has 1 amide bonds. The summed E-state index contributed by atoms with van der Waals surface area (Å²) in [6.45, 7) is 3.43. The van der Waals surface area contributed by atoms with Crippen LogP contribution in [0.3, 0.4) is 0 Å². The number of nitrogens with zero attached hydrogens (tertiary/aromatic N) is 1. The zero-order chi connectivity index (χ0) is 22.0. The summed E-state index contributed by atoms with van der Waals surface area (Å²) >= 11 is 0. The van der Waals surface area contributed by atoms with Crippen molar-refractivity contribution in [1.29, 1.82) is 0 Å². The summed E-state index contributed by atoms with van der Waals surface area (Å²) in [5.74, 6) is -1.83. The number of carbonyl (C=O) groups excluding carboxylic acids is 3. The lowest BCUT2D eigenvalue weighted by Gasteiger charge is -2.27. The minimum atomic E-state index is -0.803. The number of hydrogen-bond donors (Lipinski definition) is 1. The monoisotopic (exact) mass is 409 g/mol. The Labute approximate surface area is 174 Å². The van der Waals surface area contributed by atoms with Crippen LogP contribution in [0.5, 0.6) is 5.75 Å². The van der Waals surface area contributed by atoms with Gasteiger partial charge in [0, 0.05) is 11.6 Å². The third-order valence-electron chi connectivity index (χ3n) is 5.00. The van der Waals surface area contributed by atoms with Crippen LogP contribution in [0.4, 0.5) is 5.69 Å². The van der Waals surface area contributed by atoms with Crippen LogP contribution in [0, 0.1) is 5.92 Å². The van der Waals surface area contributed by atoms with Gasteiger partial charge in [0.25, 0.3) is 5.91 Å². The van der Waals surface area contributed by atoms with E-state index in [1.54, 1.807) is 57.4 Å². The van der Waals surface area contributed by atoms with Gasteiger partial charge in [0.2, 0.25) is 0 Å². The Morgan fingerprint density at radius 2 is 1.60 bits per heavy atom. The highest BCUT2D eigenvalue weighted by atomic mass is 16.5. The second kappa shape index (κ2) is 8.41. The van der Waals surface area contributed by atoms with Crippen LogP contribution in [0.25, 0.3) is 0 Å². The van der Waals surface area contributed by atoms with Crippen molar-refractivity contribution in [3.63, 3.8) is 0 Å². The first-order valence-electron chi connectivity index (χ1n) is 9.43. The summed E-state index contributed by atoms with van der Waals surface area (Å²) in [6, 6.07) is 12.4. The molecule has 7 heteroatoms. The predicted octanol–water partition coefficient (Wildman–Crippen LogP) is 3.61. The number of rotatable bonds is 6. The number of anilines is 1. The lowest BCUT2D eigenvalue weighted by molar-refractivity contribution is -0.119. The van der Waals surface area contributed by atoms with Crippen molar-refractivity contribution in [2.75, 3.05) is 19.1 Å². The van der Waals surface area contributed by atoms with Crippen molar-refractivity contribution in [2.45, 2.75) is 19.9 Å². The van der Waals surface area contributed by atoms with Gasteiger partial charge in [0.15, 0.2) is 11.5 Å². The molecule has 1 aliphatic heterocycles. The van der Waals surface area contributed by atoms with Gasteiger partial charge >= 0.3 is 5.97 Å². The molecule has 0 saturated carbocycles. The molecule has 0 aromatic heterocycles. The third kappa shape index (κ3) is 3.66. The topological polar surface area (TPSA) is 93.1 Å². The van der Waals surface area contributed by atoms with Gasteiger partial charge in [-0.25, -0.2) is 4.79 Å². The summed E-state index contributed by atoms with van der Waals surface area (Å²) in [4.78, 5) is 38.9. The van der Waals surface area contributed by atoms with Crippen molar-refractivity contribution in [3.8, 4) is 5.75 Å². The zero-order valence-electron chi connectivity index (χ0n) is 17.2. The number of methoxy groups -OCH3 is 2. The molecule has 1 unspecified atom stereocenters. The van der Waals surface area contributed by atoms with E-state index in [9.17, 15) is 19.5 Å². The van der Waals surface area contributed by atoms with Crippen LogP contribution in [0.1, 0.15) is 35.8 Å². The maximum atomic E-state index is 13.0. The minimum Gasteiger partial charge on any atom is -0.503 e.